The molecule has 1 atom stereocenters. The van der Waals surface area contributed by atoms with Crippen LogP contribution in [0.15, 0.2) is 36.9 Å². The molecule has 2 heterocycles. The van der Waals surface area contributed by atoms with Crippen molar-refractivity contribution >= 4 is 5.91 Å². The molecule has 0 bridgehead atoms. The van der Waals surface area contributed by atoms with Gasteiger partial charge in [0.15, 0.2) is 0 Å². The molecule has 1 N–H and O–H groups in total. The van der Waals surface area contributed by atoms with Gasteiger partial charge in [-0.1, -0.05) is 18.1 Å². The highest BCUT2D eigenvalue weighted by Crippen LogP contribution is 2.20. The van der Waals surface area contributed by atoms with E-state index in [1.807, 2.05) is 31.2 Å². The lowest BCUT2D eigenvalue weighted by Crippen LogP contribution is -2.41. The molecule has 0 saturated carbocycles. The molecule has 2 aromatic rings. The van der Waals surface area contributed by atoms with Crippen LogP contribution in [0, 0.1) is 18.3 Å². The second kappa shape index (κ2) is 7.95. The molecule has 0 radical (unpaired) electrons. The molecule has 130 valence electrons. The lowest BCUT2D eigenvalue weighted by molar-refractivity contribution is -0.127. The SMILES string of the molecule is C#CCN1CCC(C(=O)NC(C)c2ccc(-n3cncn3)cc2)CC1. The Morgan fingerprint density at radius 2 is 2.08 bits per heavy atom. The van der Waals surface area contributed by atoms with Crippen molar-refractivity contribution in [1.29, 1.82) is 0 Å². The molecule has 1 unspecified atom stereocenters. The predicted octanol–water partition coefficient (Wildman–Crippen LogP) is 1.79. The summed E-state index contributed by atoms with van der Waals surface area (Å²) in [5.41, 5.74) is 2.02. The smallest absolute Gasteiger partial charge is 0.223 e. The zero-order valence-electron chi connectivity index (χ0n) is 14.4. The number of benzene rings is 1. The number of piperidine rings is 1. The fraction of sp³-hybridized carbons (Fsp3) is 0.421. The van der Waals surface area contributed by atoms with E-state index in [0.29, 0.717) is 6.54 Å². The fourth-order valence-corrected chi connectivity index (χ4v) is 3.15. The predicted molar refractivity (Wildman–Crippen MR) is 95.9 cm³/mol. The first-order chi connectivity index (χ1) is 12.2. The number of likely N-dealkylation sites (tertiary alicyclic amines) is 1. The van der Waals surface area contributed by atoms with Gasteiger partial charge in [-0.05, 0) is 50.6 Å². The van der Waals surface area contributed by atoms with Crippen LogP contribution in [0.2, 0.25) is 0 Å². The summed E-state index contributed by atoms with van der Waals surface area (Å²) in [4.78, 5) is 18.7. The number of hydrogen-bond acceptors (Lipinski definition) is 4. The van der Waals surface area contributed by atoms with Gasteiger partial charge in [-0.15, -0.1) is 6.42 Å². The van der Waals surface area contributed by atoms with Crippen molar-refractivity contribution in [3.05, 3.63) is 42.5 Å². The topological polar surface area (TPSA) is 63.1 Å². The first kappa shape index (κ1) is 17.2. The van der Waals surface area contributed by atoms with Crippen LogP contribution in [-0.4, -0.2) is 45.2 Å². The molecule has 6 heteroatoms. The summed E-state index contributed by atoms with van der Waals surface area (Å²) >= 11 is 0. The van der Waals surface area contributed by atoms with Crippen molar-refractivity contribution < 1.29 is 4.79 Å². The molecule has 1 aromatic heterocycles. The minimum atomic E-state index is -0.0268. The second-order valence-electron chi connectivity index (χ2n) is 6.42. The van der Waals surface area contributed by atoms with E-state index < -0.39 is 0 Å². The molecule has 0 aliphatic carbocycles. The summed E-state index contributed by atoms with van der Waals surface area (Å²) < 4.78 is 1.71. The monoisotopic (exact) mass is 337 g/mol. The van der Waals surface area contributed by atoms with Gasteiger partial charge in [-0.3, -0.25) is 9.69 Å². The molecular weight excluding hydrogens is 314 g/mol. The first-order valence-corrected chi connectivity index (χ1v) is 8.58. The van der Waals surface area contributed by atoms with E-state index in [1.165, 1.54) is 6.33 Å². The third-order valence-electron chi connectivity index (χ3n) is 4.71. The minimum absolute atomic E-state index is 0.0268. The summed E-state index contributed by atoms with van der Waals surface area (Å²) in [5.74, 6) is 2.87. The largest absolute Gasteiger partial charge is 0.349 e. The molecular formula is C19H23N5O. The van der Waals surface area contributed by atoms with E-state index in [4.69, 9.17) is 6.42 Å². The number of terminal acetylenes is 1. The van der Waals surface area contributed by atoms with Crippen LogP contribution >= 0.6 is 0 Å². The van der Waals surface area contributed by atoms with Gasteiger partial charge < -0.3 is 5.32 Å². The number of aromatic nitrogens is 3. The maximum atomic E-state index is 12.5. The van der Waals surface area contributed by atoms with Gasteiger partial charge in [0.05, 0.1) is 18.3 Å². The Bertz CT molecular complexity index is 724. The number of carbonyl (C=O) groups is 1. The summed E-state index contributed by atoms with van der Waals surface area (Å²) in [7, 11) is 0. The maximum absolute atomic E-state index is 12.5. The van der Waals surface area contributed by atoms with E-state index >= 15 is 0 Å². The van der Waals surface area contributed by atoms with Crippen LogP contribution in [0.5, 0.6) is 0 Å². The number of hydrogen-bond donors (Lipinski definition) is 1. The third kappa shape index (κ3) is 4.25. The van der Waals surface area contributed by atoms with Gasteiger partial charge in [0.1, 0.15) is 12.7 Å². The average molecular weight is 337 g/mol. The van der Waals surface area contributed by atoms with Gasteiger partial charge in [0, 0.05) is 5.92 Å². The van der Waals surface area contributed by atoms with Crippen molar-refractivity contribution in [3.63, 3.8) is 0 Å². The Kier molecular flexibility index (Phi) is 5.46. The van der Waals surface area contributed by atoms with Crippen molar-refractivity contribution in [2.75, 3.05) is 19.6 Å². The minimum Gasteiger partial charge on any atom is -0.349 e. The number of rotatable bonds is 5. The molecule has 1 aliphatic rings. The van der Waals surface area contributed by atoms with Gasteiger partial charge in [0.2, 0.25) is 5.91 Å². The van der Waals surface area contributed by atoms with E-state index in [0.717, 1.165) is 37.2 Å². The van der Waals surface area contributed by atoms with E-state index in [-0.39, 0.29) is 17.9 Å². The lowest BCUT2D eigenvalue weighted by atomic mass is 9.95. The number of nitrogens with one attached hydrogen (secondary N) is 1. The standard InChI is InChI=1S/C19H23N5O/c1-3-10-23-11-8-17(9-12-23)19(25)22-15(2)16-4-6-18(7-5-16)24-14-20-13-21-24/h1,4-7,13-15,17H,8-12H2,2H3,(H,22,25). The van der Waals surface area contributed by atoms with Crippen molar-refractivity contribution in [2.24, 2.45) is 5.92 Å². The van der Waals surface area contributed by atoms with E-state index in [1.54, 1.807) is 11.0 Å². The van der Waals surface area contributed by atoms with Crippen molar-refractivity contribution in [2.45, 2.75) is 25.8 Å². The van der Waals surface area contributed by atoms with Crippen molar-refractivity contribution in [3.8, 4) is 18.0 Å². The quantitative estimate of drug-likeness (QED) is 0.845. The Morgan fingerprint density at radius 1 is 1.36 bits per heavy atom. The highest BCUT2D eigenvalue weighted by Gasteiger charge is 2.25. The highest BCUT2D eigenvalue weighted by molar-refractivity contribution is 5.79. The zero-order valence-corrected chi connectivity index (χ0v) is 14.4. The fourth-order valence-electron chi connectivity index (χ4n) is 3.15. The lowest BCUT2D eigenvalue weighted by Gasteiger charge is -2.30. The van der Waals surface area contributed by atoms with Crippen LogP contribution in [0.25, 0.3) is 5.69 Å². The van der Waals surface area contributed by atoms with Crippen LogP contribution in [0.3, 0.4) is 0 Å². The molecule has 1 saturated heterocycles. The Morgan fingerprint density at radius 3 is 2.68 bits per heavy atom. The number of carbonyl (C=O) groups excluding carboxylic acids is 1. The van der Waals surface area contributed by atoms with Gasteiger partial charge >= 0.3 is 0 Å². The van der Waals surface area contributed by atoms with Gasteiger partial charge in [-0.25, -0.2) is 9.67 Å². The molecule has 6 nitrogen and oxygen atoms in total. The van der Waals surface area contributed by atoms with Crippen LogP contribution in [0.1, 0.15) is 31.4 Å². The van der Waals surface area contributed by atoms with E-state index in [9.17, 15) is 4.79 Å². The van der Waals surface area contributed by atoms with E-state index in [2.05, 4.69) is 26.2 Å². The summed E-state index contributed by atoms with van der Waals surface area (Å²) in [6.07, 6.45) is 10.2. The Hall–Kier alpha value is -2.65. The van der Waals surface area contributed by atoms with Gasteiger partial charge in [0.25, 0.3) is 0 Å². The summed E-state index contributed by atoms with van der Waals surface area (Å²) in [6.45, 7) is 4.46. The van der Waals surface area contributed by atoms with Gasteiger partial charge in [-0.2, -0.15) is 5.10 Å². The Labute approximate surface area is 148 Å². The molecule has 3 rings (SSSR count). The third-order valence-corrected chi connectivity index (χ3v) is 4.71. The molecule has 1 aromatic carbocycles. The van der Waals surface area contributed by atoms with Crippen LogP contribution in [0.4, 0.5) is 0 Å². The normalized spacial score (nSPS) is 17.0. The molecule has 0 spiro atoms. The maximum Gasteiger partial charge on any atom is 0.223 e. The average Bonchev–Trinajstić information content (AvgIpc) is 3.17. The highest BCUT2D eigenvalue weighted by atomic mass is 16.1. The Balaban J connectivity index is 1.54. The molecule has 25 heavy (non-hydrogen) atoms. The molecule has 1 aliphatic heterocycles. The van der Waals surface area contributed by atoms with Crippen molar-refractivity contribution in [1.82, 2.24) is 25.0 Å². The molecule has 1 fully saturated rings. The van der Waals surface area contributed by atoms with Crippen LogP contribution in [-0.2, 0) is 4.79 Å². The number of nitrogens with zero attached hydrogens (tertiary/aromatic N) is 4. The summed E-state index contributed by atoms with van der Waals surface area (Å²) in [5, 5.41) is 7.24. The van der Waals surface area contributed by atoms with Crippen LogP contribution < -0.4 is 5.32 Å². The first-order valence-electron chi connectivity index (χ1n) is 8.58. The zero-order chi connectivity index (χ0) is 17.6. The summed E-state index contributed by atoms with van der Waals surface area (Å²) in [6, 6.07) is 7.95. The second-order valence-corrected chi connectivity index (χ2v) is 6.42. The number of amides is 1. The molecule has 1 amide bonds.